The summed E-state index contributed by atoms with van der Waals surface area (Å²) in [6.45, 7) is 5.58. The minimum Gasteiger partial charge on any atom is -0.355 e. The van der Waals surface area contributed by atoms with Gasteiger partial charge in [0.25, 0.3) is 0 Å². The molecule has 5 heteroatoms. The number of carbonyl (C=O) groups excluding carboxylic acids is 1. The average Bonchev–Trinajstić information content (AvgIpc) is 2.77. The summed E-state index contributed by atoms with van der Waals surface area (Å²) in [7, 11) is 0. The lowest BCUT2D eigenvalue weighted by Crippen LogP contribution is -2.51. The molecular formula is C19H28BrN3O. The van der Waals surface area contributed by atoms with Gasteiger partial charge in [-0.15, -0.1) is 0 Å². The van der Waals surface area contributed by atoms with Gasteiger partial charge >= 0.3 is 0 Å². The van der Waals surface area contributed by atoms with Crippen LogP contribution in [0, 0.1) is 37.0 Å². The standard InChI is InChI=1S/C19H28BrN3O/c1-12-18(20)13(2)23(22-12)4-3-17(24)21-11-19-8-14-5-15(9-19)7-16(6-14)10-19/h14-16H,3-11H2,1-2H3,(H,21,24). The molecule has 1 N–H and O–H groups in total. The van der Waals surface area contributed by atoms with Gasteiger partial charge in [-0.3, -0.25) is 9.48 Å². The molecule has 1 aromatic heterocycles. The second-order valence-corrected chi connectivity index (χ2v) is 9.45. The van der Waals surface area contributed by atoms with Gasteiger partial charge in [0, 0.05) is 18.7 Å². The fourth-order valence-corrected chi connectivity index (χ4v) is 6.27. The molecule has 0 unspecified atom stereocenters. The van der Waals surface area contributed by atoms with Crippen LogP contribution < -0.4 is 5.32 Å². The SMILES string of the molecule is Cc1nn(CCC(=O)NCC23CC4CC(CC(C4)C2)C3)c(C)c1Br. The summed E-state index contributed by atoms with van der Waals surface area (Å²) < 4.78 is 2.99. The van der Waals surface area contributed by atoms with Gasteiger partial charge in [-0.25, -0.2) is 0 Å². The van der Waals surface area contributed by atoms with Crippen molar-refractivity contribution in [2.45, 2.75) is 65.3 Å². The molecule has 4 bridgehead atoms. The molecular weight excluding hydrogens is 366 g/mol. The normalized spacial score (nSPS) is 33.9. The highest BCUT2D eigenvalue weighted by Crippen LogP contribution is 2.59. The zero-order valence-electron chi connectivity index (χ0n) is 14.8. The van der Waals surface area contributed by atoms with Crippen LogP contribution in [0.1, 0.15) is 56.3 Å². The first-order valence-corrected chi connectivity index (χ1v) is 10.2. The van der Waals surface area contributed by atoms with E-state index < -0.39 is 0 Å². The van der Waals surface area contributed by atoms with Crippen molar-refractivity contribution in [2.75, 3.05) is 6.54 Å². The van der Waals surface area contributed by atoms with E-state index in [4.69, 9.17) is 0 Å². The molecule has 5 rings (SSSR count). The summed E-state index contributed by atoms with van der Waals surface area (Å²) in [5, 5.41) is 7.75. The number of aryl methyl sites for hydroxylation is 2. The molecule has 4 aliphatic rings. The van der Waals surface area contributed by atoms with Crippen LogP contribution in [0.5, 0.6) is 0 Å². The van der Waals surface area contributed by atoms with Crippen LogP contribution in [0.15, 0.2) is 4.47 Å². The number of aromatic nitrogens is 2. The van der Waals surface area contributed by atoms with Crippen LogP contribution in [0.4, 0.5) is 0 Å². The van der Waals surface area contributed by atoms with Crippen molar-refractivity contribution in [1.82, 2.24) is 15.1 Å². The van der Waals surface area contributed by atoms with Crippen molar-refractivity contribution in [2.24, 2.45) is 23.2 Å². The van der Waals surface area contributed by atoms with Gasteiger partial charge in [0.1, 0.15) is 0 Å². The highest BCUT2D eigenvalue weighted by molar-refractivity contribution is 9.10. The Morgan fingerprint density at radius 1 is 1.21 bits per heavy atom. The first-order chi connectivity index (χ1) is 11.4. The highest BCUT2D eigenvalue weighted by Gasteiger charge is 2.50. The number of nitrogens with one attached hydrogen (secondary N) is 1. The Morgan fingerprint density at radius 3 is 2.29 bits per heavy atom. The first kappa shape index (κ1) is 16.6. The molecule has 0 spiro atoms. The molecule has 132 valence electrons. The van der Waals surface area contributed by atoms with Crippen LogP contribution in [0.25, 0.3) is 0 Å². The number of rotatable bonds is 5. The van der Waals surface area contributed by atoms with Crippen molar-refractivity contribution >= 4 is 21.8 Å². The van der Waals surface area contributed by atoms with Crippen LogP contribution >= 0.6 is 15.9 Å². The Bertz CT molecular complexity index is 616. The molecule has 0 atom stereocenters. The maximum absolute atomic E-state index is 12.3. The molecule has 24 heavy (non-hydrogen) atoms. The average molecular weight is 394 g/mol. The summed E-state index contributed by atoms with van der Waals surface area (Å²) in [5.41, 5.74) is 2.51. The summed E-state index contributed by atoms with van der Waals surface area (Å²) in [4.78, 5) is 12.3. The highest BCUT2D eigenvalue weighted by atomic mass is 79.9. The van der Waals surface area contributed by atoms with Crippen molar-refractivity contribution < 1.29 is 4.79 Å². The summed E-state index contributed by atoms with van der Waals surface area (Å²) in [6.07, 6.45) is 8.94. The maximum Gasteiger partial charge on any atom is 0.221 e. The minimum absolute atomic E-state index is 0.175. The molecule has 4 aliphatic carbocycles. The zero-order valence-corrected chi connectivity index (χ0v) is 16.4. The van der Waals surface area contributed by atoms with Gasteiger partial charge in [-0.05, 0) is 91.5 Å². The molecule has 1 heterocycles. The third kappa shape index (κ3) is 3.04. The largest absolute Gasteiger partial charge is 0.355 e. The third-order valence-electron chi connectivity index (χ3n) is 6.67. The molecule has 4 saturated carbocycles. The van der Waals surface area contributed by atoms with Crippen LogP contribution in [-0.4, -0.2) is 22.2 Å². The number of carbonyl (C=O) groups is 1. The Morgan fingerprint density at radius 2 is 1.79 bits per heavy atom. The molecule has 1 aromatic rings. The van der Waals surface area contributed by atoms with Crippen molar-refractivity contribution in [3.05, 3.63) is 15.9 Å². The monoisotopic (exact) mass is 393 g/mol. The molecule has 0 radical (unpaired) electrons. The second-order valence-electron chi connectivity index (χ2n) is 8.65. The predicted octanol–water partition coefficient (Wildman–Crippen LogP) is 3.99. The van der Waals surface area contributed by atoms with E-state index in [9.17, 15) is 4.79 Å². The van der Waals surface area contributed by atoms with E-state index >= 15 is 0 Å². The molecule has 0 aromatic carbocycles. The smallest absolute Gasteiger partial charge is 0.221 e. The third-order valence-corrected chi connectivity index (χ3v) is 7.82. The summed E-state index contributed by atoms with van der Waals surface area (Å²) in [6, 6.07) is 0. The molecule has 1 amide bonds. The number of nitrogens with zero attached hydrogens (tertiary/aromatic N) is 2. The van der Waals surface area contributed by atoms with Crippen LogP contribution in [0.2, 0.25) is 0 Å². The Kier molecular flexibility index (Phi) is 4.26. The number of hydrogen-bond donors (Lipinski definition) is 1. The van der Waals surface area contributed by atoms with Gasteiger partial charge in [0.15, 0.2) is 0 Å². The first-order valence-electron chi connectivity index (χ1n) is 9.40. The number of hydrogen-bond acceptors (Lipinski definition) is 2. The Labute approximate surface area is 152 Å². The van der Waals surface area contributed by atoms with Gasteiger partial charge in [-0.2, -0.15) is 5.10 Å². The summed E-state index contributed by atoms with van der Waals surface area (Å²) >= 11 is 3.54. The van der Waals surface area contributed by atoms with E-state index in [1.807, 2.05) is 18.5 Å². The quantitative estimate of drug-likeness (QED) is 0.821. The lowest BCUT2D eigenvalue weighted by atomic mass is 9.49. The lowest BCUT2D eigenvalue weighted by molar-refractivity contribution is -0.123. The molecule has 0 saturated heterocycles. The van der Waals surface area contributed by atoms with Gasteiger partial charge < -0.3 is 5.32 Å². The maximum atomic E-state index is 12.3. The zero-order chi connectivity index (χ0) is 16.9. The van der Waals surface area contributed by atoms with E-state index in [0.717, 1.165) is 40.2 Å². The van der Waals surface area contributed by atoms with Crippen LogP contribution in [-0.2, 0) is 11.3 Å². The van der Waals surface area contributed by atoms with Crippen molar-refractivity contribution in [1.29, 1.82) is 0 Å². The van der Waals surface area contributed by atoms with Gasteiger partial charge in [-0.1, -0.05) is 0 Å². The number of amides is 1. The van der Waals surface area contributed by atoms with E-state index in [0.29, 0.717) is 18.4 Å². The van der Waals surface area contributed by atoms with Crippen molar-refractivity contribution in [3.8, 4) is 0 Å². The van der Waals surface area contributed by atoms with E-state index in [-0.39, 0.29) is 5.91 Å². The molecule has 0 aliphatic heterocycles. The van der Waals surface area contributed by atoms with E-state index in [2.05, 4.69) is 26.3 Å². The van der Waals surface area contributed by atoms with E-state index in [1.54, 1.807) is 0 Å². The summed E-state index contributed by atoms with van der Waals surface area (Å²) in [5.74, 6) is 3.01. The fourth-order valence-electron chi connectivity index (χ4n) is 5.98. The molecule has 4 fully saturated rings. The predicted molar refractivity (Wildman–Crippen MR) is 97.6 cm³/mol. The van der Waals surface area contributed by atoms with Crippen molar-refractivity contribution in [3.63, 3.8) is 0 Å². The molecule has 4 nitrogen and oxygen atoms in total. The Hall–Kier alpha value is -0.840. The Balaban J connectivity index is 1.30. The lowest BCUT2D eigenvalue weighted by Gasteiger charge is -2.56. The topological polar surface area (TPSA) is 46.9 Å². The second kappa shape index (κ2) is 6.15. The fraction of sp³-hybridized carbons (Fsp3) is 0.789. The van der Waals surface area contributed by atoms with Gasteiger partial charge in [0.05, 0.1) is 16.7 Å². The minimum atomic E-state index is 0.175. The van der Waals surface area contributed by atoms with Gasteiger partial charge in [0.2, 0.25) is 5.91 Å². The van der Waals surface area contributed by atoms with Crippen LogP contribution in [0.3, 0.4) is 0 Å². The number of halogens is 1. The van der Waals surface area contributed by atoms with E-state index in [1.165, 1.54) is 38.5 Å².